The summed E-state index contributed by atoms with van der Waals surface area (Å²) in [6.45, 7) is 0.154. The lowest BCUT2D eigenvalue weighted by Crippen LogP contribution is -2.25. The molecule has 1 unspecified atom stereocenters. The van der Waals surface area contributed by atoms with E-state index in [2.05, 4.69) is 14.5 Å². The van der Waals surface area contributed by atoms with Gasteiger partial charge in [-0.15, -0.1) is 8.78 Å². The molecular formula is C22H13F4NO3. The van der Waals surface area contributed by atoms with Crippen molar-refractivity contribution in [3.8, 4) is 22.6 Å². The van der Waals surface area contributed by atoms with Gasteiger partial charge < -0.3 is 14.2 Å². The van der Waals surface area contributed by atoms with Gasteiger partial charge in [0.2, 0.25) is 5.90 Å². The minimum absolute atomic E-state index is 0.0225. The maximum Gasteiger partial charge on any atom is 0.586 e. The summed E-state index contributed by atoms with van der Waals surface area (Å²) in [6, 6.07) is 14.9. The van der Waals surface area contributed by atoms with Gasteiger partial charge in [0.15, 0.2) is 11.5 Å². The van der Waals surface area contributed by atoms with Gasteiger partial charge in [-0.1, -0.05) is 36.4 Å². The molecule has 1 atom stereocenters. The Kier molecular flexibility index (Phi) is 4.16. The molecule has 2 aliphatic rings. The van der Waals surface area contributed by atoms with Crippen molar-refractivity contribution in [1.29, 1.82) is 0 Å². The molecule has 0 radical (unpaired) electrons. The average molecular weight is 415 g/mol. The van der Waals surface area contributed by atoms with E-state index in [9.17, 15) is 17.6 Å². The number of halogens is 4. The van der Waals surface area contributed by atoms with Gasteiger partial charge in [-0.25, -0.2) is 13.8 Å². The molecule has 3 aromatic carbocycles. The number of hydrogen-bond acceptors (Lipinski definition) is 4. The van der Waals surface area contributed by atoms with E-state index in [0.29, 0.717) is 5.56 Å². The van der Waals surface area contributed by atoms with Crippen molar-refractivity contribution in [3.63, 3.8) is 0 Å². The Labute approximate surface area is 168 Å². The van der Waals surface area contributed by atoms with E-state index >= 15 is 0 Å². The highest BCUT2D eigenvalue weighted by molar-refractivity contribution is 5.95. The predicted octanol–water partition coefficient (Wildman–Crippen LogP) is 5.47. The number of nitrogens with zero attached hydrogens (tertiary/aromatic N) is 1. The minimum atomic E-state index is -3.67. The molecule has 0 spiro atoms. The third kappa shape index (κ3) is 3.24. The van der Waals surface area contributed by atoms with E-state index in [1.54, 1.807) is 30.3 Å². The summed E-state index contributed by atoms with van der Waals surface area (Å²) >= 11 is 0. The zero-order valence-corrected chi connectivity index (χ0v) is 15.2. The molecule has 2 aliphatic heterocycles. The van der Waals surface area contributed by atoms with Crippen molar-refractivity contribution < 1.29 is 31.8 Å². The number of aliphatic imine (C=N–C) groups is 1. The van der Waals surface area contributed by atoms with Crippen molar-refractivity contribution >= 4 is 5.90 Å². The van der Waals surface area contributed by atoms with Gasteiger partial charge in [-0.3, -0.25) is 0 Å². The fourth-order valence-electron chi connectivity index (χ4n) is 3.41. The summed E-state index contributed by atoms with van der Waals surface area (Å²) in [6.07, 6.45) is -3.67. The first-order chi connectivity index (χ1) is 14.4. The second-order valence-electron chi connectivity index (χ2n) is 6.81. The second-order valence-corrected chi connectivity index (χ2v) is 6.81. The first-order valence-corrected chi connectivity index (χ1v) is 9.05. The standard InChI is InChI=1S/C22H13F4NO3/c23-15-2-1-3-16(24)20(15)21-27-17(11-28-21)13-6-4-12(5-7-13)14-8-9-18-19(10-14)30-22(25,26)29-18/h1-10,17H,11H2. The maximum absolute atomic E-state index is 13.9. The molecule has 2 heterocycles. The highest BCUT2D eigenvalue weighted by Crippen LogP contribution is 2.43. The van der Waals surface area contributed by atoms with Gasteiger partial charge in [0.05, 0.1) is 0 Å². The smallest absolute Gasteiger partial charge is 0.475 e. The predicted molar refractivity (Wildman–Crippen MR) is 99.7 cm³/mol. The van der Waals surface area contributed by atoms with Crippen molar-refractivity contribution in [3.05, 3.63) is 83.4 Å². The normalized spacial score (nSPS) is 18.8. The number of hydrogen-bond donors (Lipinski definition) is 0. The second kappa shape index (κ2) is 6.76. The van der Waals surface area contributed by atoms with E-state index in [1.165, 1.54) is 18.2 Å². The minimum Gasteiger partial charge on any atom is -0.475 e. The van der Waals surface area contributed by atoms with E-state index < -0.39 is 24.0 Å². The zero-order valence-electron chi connectivity index (χ0n) is 15.2. The summed E-state index contributed by atoms with van der Waals surface area (Å²) in [5, 5.41) is 0. The largest absolute Gasteiger partial charge is 0.586 e. The van der Waals surface area contributed by atoms with Crippen LogP contribution < -0.4 is 9.47 Å². The molecule has 4 nitrogen and oxygen atoms in total. The zero-order chi connectivity index (χ0) is 20.9. The van der Waals surface area contributed by atoms with Crippen molar-refractivity contribution in [1.82, 2.24) is 0 Å². The van der Waals surface area contributed by atoms with Crippen LogP contribution in [-0.4, -0.2) is 18.8 Å². The average Bonchev–Trinajstić information content (AvgIpc) is 3.30. The van der Waals surface area contributed by atoms with Crippen LogP contribution in [0.2, 0.25) is 0 Å². The third-order valence-electron chi connectivity index (χ3n) is 4.86. The number of alkyl halides is 2. The van der Waals surface area contributed by atoms with Crippen molar-refractivity contribution in [2.45, 2.75) is 12.3 Å². The van der Waals surface area contributed by atoms with E-state index in [1.807, 2.05) is 0 Å². The van der Waals surface area contributed by atoms with Gasteiger partial charge in [-0.2, -0.15) is 0 Å². The summed E-state index contributed by atoms with van der Waals surface area (Å²) in [5.74, 6) is -1.61. The number of fused-ring (bicyclic) bond motifs is 1. The van der Waals surface area contributed by atoms with Crippen molar-refractivity contribution in [2.75, 3.05) is 6.61 Å². The topological polar surface area (TPSA) is 40.0 Å². The summed E-state index contributed by atoms with van der Waals surface area (Å²) in [4.78, 5) is 4.31. The Bertz CT molecular complexity index is 1140. The third-order valence-corrected chi connectivity index (χ3v) is 4.86. The molecule has 0 saturated carbocycles. The first-order valence-electron chi connectivity index (χ1n) is 9.05. The molecule has 0 N–H and O–H groups in total. The molecule has 0 saturated heterocycles. The lowest BCUT2D eigenvalue weighted by atomic mass is 10.0. The van der Waals surface area contributed by atoms with Crippen LogP contribution in [0.25, 0.3) is 11.1 Å². The molecule has 0 bridgehead atoms. The molecule has 30 heavy (non-hydrogen) atoms. The van der Waals surface area contributed by atoms with Crippen LogP contribution >= 0.6 is 0 Å². The Balaban J connectivity index is 1.38. The van der Waals surface area contributed by atoms with Crippen LogP contribution in [0.1, 0.15) is 17.2 Å². The van der Waals surface area contributed by atoms with E-state index in [-0.39, 0.29) is 29.6 Å². The monoisotopic (exact) mass is 415 g/mol. The van der Waals surface area contributed by atoms with Gasteiger partial charge in [0.1, 0.15) is 29.8 Å². The molecule has 152 valence electrons. The molecule has 3 aromatic rings. The number of rotatable bonds is 3. The number of benzene rings is 3. The maximum atomic E-state index is 13.9. The summed E-state index contributed by atoms with van der Waals surface area (Å²) in [5.41, 5.74) is 1.94. The van der Waals surface area contributed by atoms with Gasteiger partial charge >= 0.3 is 6.29 Å². The number of ether oxygens (including phenoxy) is 3. The molecule has 0 amide bonds. The van der Waals surface area contributed by atoms with E-state index in [4.69, 9.17) is 4.74 Å². The molecule has 0 aliphatic carbocycles. The van der Waals surface area contributed by atoms with Crippen LogP contribution in [0, 0.1) is 11.6 Å². The van der Waals surface area contributed by atoms with E-state index in [0.717, 1.165) is 23.3 Å². The molecule has 0 fully saturated rings. The fraction of sp³-hybridized carbons (Fsp3) is 0.136. The first kappa shape index (κ1) is 18.5. The highest BCUT2D eigenvalue weighted by atomic mass is 19.3. The van der Waals surface area contributed by atoms with Crippen LogP contribution in [0.15, 0.2) is 65.7 Å². The molecular weight excluding hydrogens is 402 g/mol. The van der Waals surface area contributed by atoms with Crippen LogP contribution in [-0.2, 0) is 4.74 Å². The molecule has 5 rings (SSSR count). The highest BCUT2D eigenvalue weighted by Gasteiger charge is 2.43. The molecule has 0 aromatic heterocycles. The molecule has 8 heteroatoms. The summed E-state index contributed by atoms with van der Waals surface area (Å²) in [7, 11) is 0. The fourth-order valence-corrected chi connectivity index (χ4v) is 3.41. The van der Waals surface area contributed by atoms with Gasteiger partial charge in [0, 0.05) is 0 Å². The SMILES string of the molecule is Fc1cccc(F)c1C1=NC(c2ccc(-c3ccc4c(c3)OC(F)(F)O4)cc2)CO1. The lowest BCUT2D eigenvalue weighted by molar-refractivity contribution is -0.286. The van der Waals surface area contributed by atoms with Gasteiger partial charge in [-0.05, 0) is 41.0 Å². The van der Waals surface area contributed by atoms with Gasteiger partial charge in [0.25, 0.3) is 0 Å². The lowest BCUT2D eigenvalue weighted by Gasteiger charge is -2.08. The van der Waals surface area contributed by atoms with Crippen LogP contribution in [0.5, 0.6) is 11.5 Å². The quantitative estimate of drug-likeness (QED) is 0.533. The summed E-state index contributed by atoms with van der Waals surface area (Å²) < 4.78 is 68.6. The Morgan fingerprint density at radius 2 is 1.50 bits per heavy atom. The Morgan fingerprint density at radius 3 is 2.23 bits per heavy atom. The van der Waals surface area contributed by atoms with Crippen LogP contribution in [0.3, 0.4) is 0 Å². The van der Waals surface area contributed by atoms with Crippen LogP contribution in [0.4, 0.5) is 17.6 Å². The Hall–Kier alpha value is -3.55. The van der Waals surface area contributed by atoms with Crippen molar-refractivity contribution in [2.24, 2.45) is 4.99 Å². The Morgan fingerprint density at radius 1 is 0.833 bits per heavy atom.